The first-order valence-corrected chi connectivity index (χ1v) is 10.1. The lowest BCUT2D eigenvalue weighted by molar-refractivity contribution is -0.141. The Balaban J connectivity index is 2.74. The van der Waals surface area contributed by atoms with Crippen molar-refractivity contribution in [2.75, 3.05) is 19.1 Å². The van der Waals surface area contributed by atoms with Crippen LogP contribution < -0.4 is 11.2 Å². The molecule has 0 spiro atoms. The fourth-order valence-electron chi connectivity index (χ4n) is 2.33. The highest BCUT2D eigenvalue weighted by Crippen LogP contribution is 2.27. The molecule has 2 rings (SSSR count). The Morgan fingerprint density at radius 1 is 1.33 bits per heavy atom. The van der Waals surface area contributed by atoms with Crippen molar-refractivity contribution in [3.05, 3.63) is 56.1 Å². The molecule has 1 N–H and O–H groups in total. The van der Waals surface area contributed by atoms with E-state index in [0.717, 1.165) is 28.5 Å². The van der Waals surface area contributed by atoms with Crippen LogP contribution in [0.5, 0.6) is 0 Å². The van der Waals surface area contributed by atoms with Gasteiger partial charge in [-0.25, -0.2) is 9.18 Å². The van der Waals surface area contributed by atoms with Gasteiger partial charge in [0.2, 0.25) is 0 Å². The quantitative estimate of drug-likeness (QED) is 0.712. The third-order valence-electron chi connectivity index (χ3n) is 3.71. The second-order valence-electron chi connectivity index (χ2n) is 5.80. The SMILES string of the molecule is COC(=O)Cn1cc(-c2cccc(F)c2Cl)c(=O)n(CCS(C)(=N)=O)c1=O. The molecule has 8 nitrogen and oxygen atoms in total. The Morgan fingerprint density at radius 2 is 2.00 bits per heavy atom. The third-order valence-corrected chi connectivity index (χ3v) is 5.06. The Labute approximate surface area is 159 Å². The number of carbonyl (C=O) groups excluding carboxylic acids is 1. The molecule has 11 heteroatoms. The molecule has 1 heterocycles. The lowest BCUT2D eigenvalue weighted by atomic mass is 10.1. The first kappa shape index (κ1) is 20.8. The molecule has 146 valence electrons. The van der Waals surface area contributed by atoms with E-state index in [-0.39, 0.29) is 28.4 Å². The number of benzene rings is 1. The number of aromatic nitrogens is 2. The summed E-state index contributed by atoms with van der Waals surface area (Å²) in [4.78, 5) is 36.9. The molecule has 0 aliphatic heterocycles. The zero-order chi connectivity index (χ0) is 20.4. The number of methoxy groups -OCH3 is 1. The highest BCUT2D eigenvalue weighted by Gasteiger charge is 2.18. The molecule has 0 radical (unpaired) electrons. The average molecular weight is 418 g/mol. The zero-order valence-corrected chi connectivity index (χ0v) is 16.1. The van der Waals surface area contributed by atoms with Gasteiger partial charge in [-0.05, 0) is 6.07 Å². The van der Waals surface area contributed by atoms with E-state index in [9.17, 15) is 23.0 Å². The standard InChI is InChI=1S/C16H17ClFN3O5S/c1-26-13(22)9-20-8-11(10-4-3-5-12(18)14(10)17)15(23)21(16(20)24)6-7-27(2,19)25/h3-5,8,19H,6-7,9H2,1-2H3. The van der Waals surface area contributed by atoms with Crippen LogP contribution in [0.15, 0.2) is 34.0 Å². The Bertz CT molecular complexity index is 1110. The van der Waals surface area contributed by atoms with Crippen molar-refractivity contribution in [3.63, 3.8) is 0 Å². The summed E-state index contributed by atoms with van der Waals surface area (Å²) in [6.07, 6.45) is 2.28. The van der Waals surface area contributed by atoms with E-state index in [2.05, 4.69) is 4.74 Å². The van der Waals surface area contributed by atoms with E-state index < -0.39 is 39.3 Å². The minimum Gasteiger partial charge on any atom is -0.468 e. The van der Waals surface area contributed by atoms with Crippen molar-refractivity contribution in [2.24, 2.45) is 0 Å². The second-order valence-corrected chi connectivity index (χ2v) is 8.59. The number of esters is 1. The Kier molecular flexibility index (Phi) is 6.22. The number of nitrogens with one attached hydrogen (secondary N) is 1. The minimum absolute atomic E-state index is 0.0390. The van der Waals surface area contributed by atoms with Crippen LogP contribution in [-0.4, -0.2) is 38.4 Å². The summed E-state index contributed by atoms with van der Waals surface area (Å²) in [5.41, 5.74) is -1.71. The van der Waals surface area contributed by atoms with Crippen molar-refractivity contribution in [1.82, 2.24) is 9.13 Å². The number of halogens is 2. The molecule has 1 atom stereocenters. The van der Waals surface area contributed by atoms with Gasteiger partial charge in [-0.15, -0.1) is 0 Å². The lowest BCUT2D eigenvalue weighted by Crippen LogP contribution is -2.42. The highest BCUT2D eigenvalue weighted by molar-refractivity contribution is 7.91. The summed E-state index contributed by atoms with van der Waals surface area (Å²) in [5.74, 6) is -1.74. The summed E-state index contributed by atoms with van der Waals surface area (Å²) >= 11 is 5.95. The van der Waals surface area contributed by atoms with Crippen molar-refractivity contribution in [2.45, 2.75) is 13.1 Å². The number of hydrogen-bond acceptors (Lipinski definition) is 6. The van der Waals surface area contributed by atoms with Crippen molar-refractivity contribution >= 4 is 27.3 Å². The van der Waals surface area contributed by atoms with Crippen LogP contribution in [0.25, 0.3) is 11.1 Å². The Hall–Kier alpha value is -2.46. The second kappa shape index (κ2) is 8.05. The maximum absolute atomic E-state index is 13.8. The molecule has 1 unspecified atom stereocenters. The summed E-state index contributed by atoms with van der Waals surface area (Å²) in [5, 5.41) is -0.316. The fraction of sp³-hybridized carbons (Fsp3) is 0.312. The molecule has 0 aliphatic carbocycles. The lowest BCUT2D eigenvalue weighted by Gasteiger charge is -2.13. The van der Waals surface area contributed by atoms with Gasteiger partial charge in [0.15, 0.2) is 0 Å². The molecule has 0 amide bonds. The molecular formula is C16H17ClFN3O5S. The van der Waals surface area contributed by atoms with Gasteiger partial charge in [0.1, 0.15) is 12.4 Å². The number of carbonyl (C=O) groups is 1. The van der Waals surface area contributed by atoms with Crippen molar-refractivity contribution < 1.29 is 18.1 Å². The first-order valence-electron chi connectivity index (χ1n) is 7.62. The van der Waals surface area contributed by atoms with Crippen LogP contribution in [0.4, 0.5) is 4.39 Å². The van der Waals surface area contributed by atoms with Crippen molar-refractivity contribution in [1.29, 1.82) is 4.78 Å². The maximum Gasteiger partial charge on any atom is 0.331 e. The molecule has 1 aromatic heterocycles. The average Bonchev–Trinajstić information content (AvgIpc) is 2.59. The van der Waals surface area contributed by atoms with E-state index in [0.29, 0.717) is 0 Å². The van der Waals surface area contributed by atoms with Crippen LogP contribution >= 0.6 is 11.6 Å². The van der Waals surface area contributed by atoms with E-state index in [1.165, 1.54) is 18.4 Å². The smallest absolute Gasteiger partial charge is 0.331 e. The highest BCUT2D eigenvalue weighted by atomic mass is 35.5. The topological polar surface area (TPSA) is 111 Å². The summed E-state index contributed by atoms with van der Waals surface area (Å²) in [7, 11) is -1.84. The van der Waals surface area contributed by atoms with Gasteiger partial charge in [0.25, 0.3) is 5.56 Å². The van der Waals surface area contributed by atoms with E-state index in [1.54, 1.807) is 0 Å². The number of rotatable bonds is 6. The normalized spacial score (nSPS) is 13.2. The predicted molar refractivity (Wildman–Crippen MR) is 99.0 cm³/mol. The molecule has 0 aliphatic rings. The van der Waals surface area contributed by atoms with Gasteiger partial charge < -0.3 is 4.74 Å². The summed E-state index contributed by atoms with van der Waals surface area (Å²) < 4.78 is 39.1. The van der Waals surface area contributed by atoms with E-state index in [1.807, 2.05) is 0 Å². The first-order chi connectivity index (χ1) is 12.5. The van der Waals surface area contributed by atoms with Crippen LogP contribution in [0.2, 0.25) is 5.02 Å². The number of ether oxygens (including phenoxy) is 1. The van der Waals surface area contributed by atoms with Crippen LogP contribution in [-0.2, 0) is 32.3 Å². The van der Waals surface area contributed by atoms with Crippen LogP contribution in [0, 0.1) is 10.6 Å². The van der Waals surface area contributed by atoms with Gasteiger partial charge in [0.05, 0.1) is 17.7 Å². The zero-order valence-electron chi connectivity index (χ0n) is 14.5. The van der Waals surface area contributed by atoms with Gasteiger partial charge in [0, 0.05) is 40.0 Å². The van der Waals surface area contributed by atoms with Gasteiger partial charge >= 0.3 is 11.7 Å². The molecule has 0 saturated carbocycles. The van der Waals surface area contributed by atoms with Crippen molar-refractivity contribution in [3.8, 4) is 11.1 Å². The molecule has 1 aromatic carbocycles. The minimum atomic E-state index is -2.97. The van der Waals surface area contributed by atoms with Crippen LogP contribution in [0.3, 0.4) is 0 Å². The van der Waals surface area contributed by atoms with E-state index >= 15 is 0 Å². The number of nitrogens with zero attached hydrogens (tertiary/aromatic N) is 2. The largest absolute Gasteiger partial charge is 0.468 e. The molecule has 27 heavy (non-hydrogen) atoms. The third kappa shape index (κ3) is 4.83. The fourth-order valence-corrected chi connectivity index (χ4v) is 3.09. The maximum atomic E-state index is 13.8. The predicted octanol–water partition coefficient (Wildman–Crippen LogP) is 1.32. The van der Waals surface area contributed by atoms with Gasteiger partial charge in [-0.1, -0.05) is 23.7 Å². The Morgan fingerprint density at radius 3 is 2.59 bits per heavy atom. The van der Waals surface area contributed by atoms with E-state index in [4.69, 9.17) is 16.4 Å². The molecule has 0 saturated heterocycles. The van der Waals surface area contributed by atoms with Gasteiger partial charge in [-0.3, -0.25) is 27.7 Å². The molecule has 0 bridgehead atoms. The molecule has 0 fully saturated rings. The monoisotopic (exact) mass is 417 g/mol. The molecule has 2 aromatic rings. The molecular weight excluding hydrogens is 401 g/mol. The van der Waals surface area contributed by atoms with Crippen LogP contribution in [0.1, 0.15) is 0 Å². The summed E-state index contributed by atoms with van der Waals surface area (Å²) in [6.45, 7) is -0.795. The number of hydrogen-bond donors (Lipinski definition) is 1. The summed E-state index contributed by atoms with van der Waals surface area (Å²) in [6, 6.07) is 3.85. The van der Waals surface area contributed by atoms with Gasteiger partial charge in [-0.2, -0.15) is 0 Å².